The van der Waals surface area contributed by atoms with Crippen LogP contribution < -0.4 is 0 Å². The minimum absolute atomic E-state index is 0.264. The Morgan fingerprint density at radius 3 is 2.32 bits per heavy atom. The van der Waals surface area contributed by atoms with Crippen LogP contribution in [0.25, 0.3) is 0 Å². The fourth-order valence-corrected chi connectivity index (χ4v) is 3.86. The first kappa shape index (κ1) is 19.3. The van der Waals surface area contributed by atoms with Crippen molar-refractivity contribution in [1.82, 2.24) is 9.78 Å². The fourth-order valence-electron chi connectivity index (χ4n) is 2.15. The lowest BCUT2D eigenvalue weighted by Crippen LogP contribution is -2.13. The van der Waals surface area contributed by atoms with Crippen LogP contribution in [-0.4, -0.2) is 24.2 Å². The van der Waals surface area contributed by atoms with E-state index in [0.29, 0.717) is 4.68 Å². The molecule has 0 unspecified atom stereocenters. The molecule has 0 N–H and O–H groups in total. The Morgan fingerprint density at radius 2 is 1.84 bits per heavy atom. The van der Waals surface area contributed by atoms with Crippen LogP contribution in [0.3, 0.4) is 0 Å². The second kappa shape index (κ2) is 6.68. The third kappa shape index (κ3) is 3.96. The number of carbonyl (C=O) groups excluding carboxylic acids is 1. The Labute approximate surface area is 146 Å². The minimum Gasteiger partial charge on any atom is -0.461 e. The zero-order valence-corrected chi connectivity index (χ0v) is 14.5. The maximum absolute atomic E-state index is 13.2. The Bertz CT molecular complexity index is 905. The van der Waals surface area contributed by atoms with Crippen LogP contribution in [0.4, 0.5) is 13.2 Å². The summed E-state index contributed by atoms with van der Waals surface area (Å²) in [5, 5.41) is 2.82. The molecule has 0 spiro atoms. The van der Waals surface area contributed by atoms with Crippen LogP contribution in [0.2, 0.25) is 5.02 Å². The number of aryl methyl sites for hydroxylation is 1. The van der Waals surface area contributed by atoms with Crippen LogP contribution in [0.15, 0.2) is 34.2 Å². The predicted molar refractivity (Wildman–Crippen MR) is 80.6 cm³/mol. The molecular formula is C14H12ClF3N2O4S. The highest BCUT2D eigenvalue weighted by atomic mass is 35.5. The SMILES string of the molecule is CC(=O)OCc1c(C(F)(F)F)nn(C)c1S(=O)(=O)c1ccc(Cl)cc1. The summed E-state index contributed by atoms with van der Waals surface area (Å²) < 4.78 is 70.3. The number of aromatic nitrogens is 2. The zero-order chi connectivity index (χ0) is 19.0. The molecule has 25 heavy (non-hydrogen) atoms. The van der Waals surface area contributed by atoms with Crippen LogP contribution in [0.1, 0.15) is 18.2 Å². The van der Waals surface area contributed by atoms with Gasteiger partial charge in [-0.3, -0.25) is 9.48 Å². The van der Waals surface area contributed by atoms with Crippen LogP contribution >= 0.6 is 11.6 Å². The number of carbonyl (C=O) groups is 1. The summed E-state index contributed by atoms with van der Waals surface area (Å²) in [5.74, 6) is -0.855. The molecule has 1 heterocycles. The molecule has 0 fully saturated rings. The van der Waals surface area contributed by atoms with Crippen LogP contribution in [0.5, 0.6) is 0 Å². The van der Waals surface area contributed by atoms with E-state index in [1.165, 1.54) is 12.1 Å². The number of benzene rings is 1. The van der Waals surface area contributed by atoms with E-state index in [1.54, 1.807) is 0 Å². The van der Waals surface area contributed by atoms with Gasteiger partial charge in [-0.05, 0) is 24.3 Å². The molecular weight excluding hydrogens is 385 g/mol. The van der Waals surface area contributed by atoms with Gasteiger partial charge in [0, 0.05) is 19.0 Å². The maximum atomic E-state index is 13.2. The molecule has 0 amide bonds. The largest absolute Gasteiger partial charge is 0.461 e. The van der Waals surface area contributed by atoms with Gasteiger partial charge in [0.05, 0.1) is 10.5 Å². The van der Waals surface area contributed by atoms with Crippen molar-refractivity contribution in [2.45, 2.75) is 29.6 Å². The molecule has 0 radical (unpaired) electrons. The predicted octanol–water partition coefficient (Wildman–Crippen LogP) is 2.99. The highest BCUT2D eigenvalue weighted by molar-refractivity contribution is 7.91. The van der Waals surface area contributed by atoms with Crippen molar-refractivity contribution in [2.75, 3.05) is 0 Å². The highest BCUT2D eigenvalue weighted by Gasteiger charge is 2.42. The number of alkyl halides is 3. The van der Waals surface area contributed by atoms with Gasteiger partial charge < -0.3 is 4.74 Å². The van der Waals surface area contributed by atoms with E-state index in [-0.39, 0.29) is 9.92 Å². The normalized spacial score (nSPS) is 12.2. The Kier molecular flexibility index (Phi) is 5.14. The van der Waals surface area contributed by atoms with Gasteiger partial charge in [0.2, 0.25) is 9.84 Å². The van der Waals surface area contributed by atoms with Crippen molar-refractivity contribution in [3.05, 3.63) is 40.5 Å². The van der Waals surface area contributed by atoms with E-state index in [4.69, 9.17) is 11.6 Å². The van der Waals surface area contributed by atoms with Gasteiger partial charge in [-0.2, -0.15) is 18.3 Å². The molecule has 0 bridgehead atoms. The molecule has 0 aliphatic carbocycles. The van der Waals surface area contributed by atoms with Crippen molar-refractivity contribution in [1.29, 1.82) is 0 Å². The van der Waals surface area contributed by atoms with Gasteiger partial charge in [0.25, 0.3) is 0 Å². The second-order valence-electron chi connectivity index (χ2n) is 4.99. The van der Waals surface area contributed by atoms with Crippen molar-refractivity contribution >= 4 is 27.4 Å². The van der Waals surface area contributed by atoms with Gasteiger partial charge in [0.1, 0.15) is 6.61 Å². The first-order chi connectivity index (χ1) is 11.4. The van der Waals surface area contributed by atoms with Crippen molar-refractivity contribution in [3.63, 3.8) is 0 Å². The van der Waals surface area contributed by atoms with Crippen molar-refractivity contribution in [2.24, 2.45) is 7.05 Å². The van der Waals surface area contributed by atoms with E-state index in [9.17, 15) is 26.4 Å². The van der Waals surface area contributed by atoms with Crippen molar-refractivity contribution in [3.8, 4) is 0 Å². The highest BCUT2D eigenvalue weighted by Crippen LogP contribution is 2.36. The zero-order valence-electron chi connectivity index (χ0n) is 13.0. The number of nitrogens with zero attached hydrogens (tertiary/aromatic N) is 2. The van der Waals surface area contributed by atoms with Gasteiger partial charge in [0.15, 0.2) is 10.7 Å². The lowest BCUT2D eigenvalue weighted by Gasteiger charge is -2.10. The van der Waals surface area contributed by atoms with Crippen molar-refractivity contribution < 1.29 is 31.1 Å². The monoisotopic (exact) mass is 396 g/mol. The third-order valence-corrected chi connectivity index (χ3v) is 5.32. The van der Waals surface area contributed by atoms with Gasteiger partial charge in [-0.1, -0.05) is 11.6 Å². The number of rotatable bonds is 4. The molecule has 11 heteroatoms. The van der Waals surface area contributed by atoms with Crippen LogP contribution in [0, 0.1) is 0 Å². The first-order valence-corrected chi connectivity index (χ1v) is 8.57. The quantitative estimate of drug-likeness (QED) is 0.742. The standard InChI is InChI=1S/C14H12ClF3N2O4S/c1-8(21)24-7-11-12(14(16,17)18)19-20(2)13(11)25(22,23)10-5-3-9(15)4-6-10/h3-6H,7H2,1-2H3. The smallest absolute Gasteiger partial charge is 0.435 e. The third-order valence-electron chi connectivity index (χ3n) is 3.15. The molecule has 6 nitrogen and oxygen atoms in total. The molecule has 0 aliphatic rings. The molecule has 0 aliphatic heterocycles. The van der Waals surface area contributed by atoms with E-state index in [0.717, 1.165) is 26.1 Å². The molecule has 2 aromatic rings. The van der Waals surface area contributed by atoms with E-state index >= 15 is 0 Å². The first-order valence-electron chi connectivity index (χ1n) is 6.71. The van der Waals surface area contributed by atoms with E-state index < -0.39 is 44.9 Å². The molecule has 0 saturated carbocycles. The van der Waals surface area contributed by atoms with Crippen LogP contribution in [-0.2, 0) is 39.2 Å². The number of ether oxygens (including phenoxy) is 1. The summed E-state index contributed by atoms with van der Waals surface area (Å²) in [5.41, 5.74) is -2.16. The molecule has 136 valence electrons. The molecule has 1 aromatic heterocycles. The summed E-state index contributed by atoms with van der Waals surface area (Å²) in [6.45, 7) is 0.122. The number of sulfone groups is 1. The summed E-state index contributed by atoms with van der Waals surface area (Å²) >= 11 is 5.70. The lowest BCUT2D eigenvalue weighted by molar-refractivity contribution is -0.147. The van der Waals surface area contributed by atoms with Gasteiger partial charge >= 0.3 is 12.1 Å². The molecule has 0 atom stereocenters. The fraction of sp³-hybridized carbons (Fsp3) is 0.286. The van der Waals surface area contributed by atoms with E-state index in [2.05, 4.69) is 9.84 Å². The van der Waals surface area contributed by atoms with Gasteiger partial charge in [-0.25, -0.2) is 8.42 Å². The topological polar surface area (TPSA) is 78.3 Å². The summed E-state index contributed by atoms with van der Waals surface area (Å²) in [6.07, 6.45) is -4.92. The van der Waals surface area contributed by atoms with E-state index in [1.807, 2.05) is 0 Å². The minimum atomic E-state index is -4.92. The Balaban J connectivity index is 2.68. The Hall–Kier alpha value is -2.07. The summed E-state index contributed by atoms with van der Waals surface area (Å²) in [6, 6.07) is 4.91. The molecule has 1 aromatic carbocycles. The average Bonchev–Trinajstić information content (AvgIpc) is 2.83. The maximum Gasteiger partial charge on any atom is 0.435 e. The average molecular weight is 397 g/mol. The molecule has 0 saturated heterocycles. The van der Waals surface area contributed by atoms with Gasteiger partial charge in [-0.15, -0.1) is 0 Å². The number of halogens is 4. The Morgan fingerprint density at radius 1 is 1.28 bits per heavy atom. The lowest BCUT2D eigenvalue weighted by atomic mass is 10.2. The number of esters is 1. The summed E-state index contributed by atoms with van der Waals surface area (Å²) in [7, 11) is -3.29. The molecule has 2 rings (SSSR count). The number of hydrogen-bond acceptors (Lipinski definition) is 5. The number of hydrogen-bond donors (Lipinski definition) is 0. The second-order valence-corrected chi connectivity index (χ2v) is 7.29. The summed E-state index contributed by atoms with van der Waals surface area (Å²) in [4.78, 5) is 10.7.